The normalized spacial score (nSPS) is 11.0. The summed E-state index contributed by atoms with van der Waals surface area (Å²) in [5, 5.41) is 7.57. The van der Waals surface area contributed by atoms with Gasteiger partial charge in [0.1, 0.15) is 12.1 Å². The van der Waals surface area contributed by atoms with Crippen LogP contribution in [0.4, 0.5) is 5.82 Å². The van der Waals surface area contributed by atoms with E-state index < -0.39 is 0 Å². The van der Waals surface area contributed by atoms with Gasteiger partial charge in [0.25, 0.3) is 0 Å². The Morgan fingerprint density at radius 2 is 1.83 bits per heavy atom. The summed E-state index contributed by atoms with van der Waals surface area (Å²) in [5.41, 5.74) is 4.64. The Hall–Kier alpha value is -3.71. The summed E-state index contributed by atoms with van der Waals surface area (Å²) < 4.78 is 7.27. The molecule has 0 unspecified atom stereocenters. The van der Waals surface area contributed by atoms with E-state index in [1.54, 1.807) is 24.8 Å². The Morgan fingerprint density at radius 1 is 1.00 bits per heavy atom. The van der Waals surface area contributed by atoms with Crippen molar-refractivity contribution in [3.63, 3.8) is 0 Å². The minimum atomic E-state index is 0.637. The fourth-order valence-electron chi connectivity index (χ4n) is 3.26. The van der Waals surface area contributed by atoms with Crippen molar-refractivity contribution in [1.29, 1.82) is 0 Å². The van der Waals surface area contributed by atoms with Crippen molar-refractivity contribution in [2.45, 2.75) is 6.54 Å². The number of rotatable bonds is 6. The lowest BCUT2D eigenvalue weighted by Gasteiger charge is -2.10. The van der Waals surface area contributed by atoms with Gasteiger partial charge in [0, 0.05) is 17.5 Å². The quantitative estimate of drug-likeness (QED) is 0.416. The third kappa shape index (κ3) is 3.51. The highest BCUT2D eigenvalue weighted by molar-refractivity contribution is 7.08. The van der Waals surface area contributed by atoms with Crippen LogP contribution in [0.5, 0.6) is 5.75 Å². The number of nitrogens with zero attached hydrogens (tertiary/aromatic N) is 4. The van der Waals surface area contributed by atoms with Gasteiger partial charge in [-0.3, -0.25) is 4.57 Å². The molecule has 2 aromatic carbocycles. The van der Waals surface area contributed by atoms with Crippen molar-refractivity contribution < 1.29 is 4.74 Å². The van der Waals surface area contributed by atoms with E-state index in [9.17, 15) is 0 Å². The highest BCUT2D eigenvalue weighted by atomic mass is 32.1. The van der Waals surface area contributed by atoms with Crippen LogP contribution in [0, 0.1) is 0 Å². The highest BCUT2D eigenvalue weighted by Crippen LogP contribution is 2.28. The molecule has 0 aliphatic heterocycles. The zero-order chi connectivity index (χ0) is 20.3. The second kappa shape index (κ2) is 7.96. The Morgan fingerprint density at radius 3 is 2.57 bits per heavy atom. The van der Waals surface area contributed by atoms with Crippen molar-refractivity contribution in [2.75, 3.05) is 12.4 Å². The molecule has 7 heteroatoms. The van der Waals surface area contributed by atoms with Gasteiger partial charge in [-0.05, 0) is 41.3 Å². The molecule has 148 valence electrons. The molecule has 3 aromatic heterocycles. The maximum absolute atomic E-state index is 5.28. The fourth-order valence-corrected chi connectivity index (χ4v) is 3.89. The summed E-state index contributed by atoms with van der Waals surface area (Å²) in [7, 11) is 1.66. The number of hydrogen-bond acceptors (Lipinski definition) is 6. The number of ether oxygens (including phenoxy) is 1. The van der Waals surface area contributed by atoms with E-state index in [1.165, 1.54) is 5.56 Å². The molecule has 0 aliphatic rings. The lowest BCUT2D eigenvalue weighted by atomic mass is 10.2. The van der Waals surface area contributed by atoms with Gasteiger partial charge in [0.2, 0.25) is 0 Å². The van der Waals surface area contributed by atoms with E-state index in [-0.39, 0.29) is 0 Å². The van der Waals surface area contributed by atoms with Crippen LogP contribution in [0.1, 0.15) is 5.56 Å². The largest absolute Gasteiger partial charge is 0.497 e. The first kappa shape index (κ1) is 18.3. The summed E-state index contributed by atoms with van der Waals surface area (Å²) in [4.78, 5) is 14.3. The lowest BCUT2D eigenvalue weighted by molar-refractivity contribution is 0.415. The number of nitrogens with one attached hydrogen (secondary N) is 1. The smallest absolute Gasteiger partial charge is 0.170 e. The van der Waals surface area contributed by atoms with Crippen LogP contribution in [0.3, 0.4) is 0 Å². The molecule has 0 aliphatic carbocycles. The molecule has 0 spiro atoms. The number of thiophene rings is 1. The van der Waals surface area contributed by atoms with Crippen LogP contribution < -0.4 is 10.1 Å². The molecule has 3 heterocycles. The molecular formula is C23H19N5OS. The molecule has 0 radical (unpaired) electrons. The first-order valence-corrected chi connectivity index (χ1v) is 10.5. The number of anilines is 1. The highest BCUT2D eigenvalue weighted by Gasteiger charge is 2.15. The maximum Gasteiger partial charge on any atom is 0.170 e. The van der Waals surface area contributed by atoms with Crippen molar-refractivity contribution in [2.24, 2.45) is 0 Å². The van der Waals surface area contributed by atoms with E-state index >= 15 is 0 Å². The number of fused-ring (bicyclic) bond motifs is 1. The molecule has 0 atom stereocenters. The third-order valence-electron chi connectivity index (χ3n) is 4.83. The lowest BCUT2D eigenvalue weighted by Crippen LogP contribution is -2.05. The molecule has 6 nitrogen and oxygen atoms in total. The van der Waals surface area contributed by atoms with Crippen LogP contribution >= 0.6 is 11.3 Å². The second-order valence-corrected chi connectivity index (χ2v) is 7.51. The maximum atomic E-state index is 5.28. The average Bonchev–Trinajstić information content (AvgIpc) is 3.48. The second-order valence-electron chi connectivity index (χ2n) is 6.73. The first-order valence-electron chi connectivity index (χ1n) is 9.52. The van der Waals surface area contributed by atoms with Crippen molar-refractivity contribution in [1.82, 2.24) is 19.5 Å². The van der Waals surface area contributed by atoms with E-state index in [0.717, 1.165) is 28.2 Å². The SMILES string of the molecule is COc1ccc(-c2nc(NCc3ccccc3)c3ncn(-c4ccsc4)c3n2)cc1. The van der Waals surface area contributed by atoms with Gasteiger partial charge < -0.3 is 10.1 Å². The monoisotopic (exact) mass is 413 g/mol. The zero-order valence-corrected chi connectivity index (χ0v) is 17.1. The van der Waals surface area contributed by atoms with Gasteiger partial charge in [-0.1, -0.05) is 30.3 Å². The molecule has 0 saturated heterocycles. The van der Waals surface area contributed by atoms with E-state index in [4.69, 9.17) is 14.7 Å². The topological polar surface area (TPSA) is 64.9 Å². The molecule has 30 heavy (non-hydrogen) atoms. The van der Waals surface area contributed by atoms with Crippen molar-refractivity contribution in [3.8, 4) is 22.8 Å². The van der Waals surface area contributed by atoms with E-state index in [1.807, 2.05) is 52.4 Å². The fraction of sp³-hybridized carbons (Fsp3) is 0.0870. The average molecular weight is 414 g/mol. The summed E-state index contributed by atoms with van der Waals surface area (Å²) in [5.74, 6) is 2.15. The van der Waals surface area contributed by atoms with Gasteiger partial charge in [-0.2, -0.15) is 11.3 Å². The molecule has 0 amide bonds. The van der Waals surface area contributed by atoms with Gasteiger partial charge in [0.05, 0.1) is 12.8 Å². The van der Waals surface area contributed by atoms with Crippen LogP contribution in [-0.4, -0.2) is 26.6 Å². The number of benzene rings is 2. The molecule has 0 bridgehead atoms. The molecule has 5 aromatic rings. The van der Waals surface area contributed by atoms with Gasteiger partial charge in [-0.15, -0.1) is 0 Å². The summed E-state index contributed by atoms with van der Waals surface area (Å²) in [6, 6.07) is 20.0. The zero-order valence-electron chi connectivity index (χ0n) is 16.3. The van der Waals surface area contributed by atoms with Gasteiger partial charge in [0.15, 0.2) is 22.8 Å². The van der Waals surface area contributed by atoms with Crippen molar-refractivity contribution >= 4 is 28.3 Å². The third-order valence-corrected chi connectivity index (χ3v) is 5.50. The summed E-state index contributed by atoms with van der Waals surface area (Å²) in [6.45, 7) is 0.653. The van der Waals surface area contributed by atoms with Crippen LogP contribution in [0.2, 0.25) is 0 Å². The Balaban J connectivity index is 1.61. The Labute approximate surface area is 177 Å². The minimum Gasteiger partial charge on any atom is -0.497 e. The Kier molecular flexibility index (Phi) is 4.86. The predicted octanol–water partition coefficient (Wildman–Crippen LogP) is 5.16. The van der Waals surface area contributed by atoms with Gasteiger partial charge >= 0.3 is 0 Å². The minimum absolute atomic E-state index is 0.637. The summed E-state index contributed by atoms with van der Waals surface area (Å²) >= 11 is 1.64. The van der Waals surface area contributed by atoms with Crippen LogP contribution in [-0.2, 0) is 6.54 Å². The standard InChI is InChI=1S/C23H19N5OS/c1-29-19-9-7-17(8-10-19)21-26-22(24-13-16-5-3-2-4-6-16)20-23(27-21)28(15-25-20)18-11-12-30-14-18/h2-12,14-15H,13H2,1H3,(H,24,26,27). The predicted molar refractivity (Wildman–Crippen MR) is 120 cm³/mol. The van der Waals surface area contributed by atoms with Crippen LogP contribution in [0.25, 0.3) is 28.2 Å². The van der Waals surface area contributed by atoms with E-state index in [2.05, 4.69) is 33.9 Å². The number of methoxy groups -OCH3 is 1. The molecule has 5 rings (SSSR count). The van der Waals surface area contributed by atoms with Gasteiger partial charge in [-0.25, -0.2) is 15.0 Å². The first-order chi connectivity index (χ1) is 14.8. The molecule has 1 N–H and O–H groups in total. The van der Waals surface area contributed by atoms with Crippen LogP contribution in [0.15, 0.2) is 77.8 Å². The number of aromatic nitrogens is 4. The number of hydrogen-bond donors (Lipinski definition) is 1. The summed E-state index contributed by atoms with van der Waals surface area (Å²) in [6.07, 6.45) is 1.80. The molecular weight excluding hydrogens is 394 g/mol. The van der Waals surface area contributed by atoms with Crippen molar-refractivity contribution in [3.05, 3.63) is 83.3 Å². The number of imidazole rings is 1. The molecule has 0 saturated carbocycles. The Bertz CT molecular complexity index is 1260. The van der Waals surface area contributed by atoms with E-state index in [0.29, 0.717) is 18.2 Å². The molecule has 0 fully saturated rings.